The summed E-state index contributed by atoms with van der Waals surface area (Å²) in [6.45, 7) is 7.43. The Morgan fingerprint density at radius 3 is 2.36 bits per heavy atom. The normalized spacial score (nSPS) is 14.9. The summed E-state index contributed by atoms with van der Waals surface area (Å²) in [5.41, 5.74) is 2.02. The van der Waals surface area contributed by atoms with Crippen molar-refractivity contribution in [2.24, 2.45) is 0 Å². The highest BCUT2D eigenvalue weighted by molar-refractivity contribution is 6.00. The van der Waals surface area contributed by atoms with Gasteiger partial charge in [0.25, 0.3) is 5.91 Å². The van der Waals surface area contributed by atoms with Crippen molar-refractivity contribution in [2.75, 3.05) is 39.9 Å². The highest BCUT2D eigenvalue weighted by Gasteiger charge is 2.28. The molecule has 0 aromatic carbocycles. The van der Waals surface area contributed by atoms with Crippen molar-refractivity contribution in [1.82, 2.24) is 14.8 Å². The van der Waals surface area contributed by atoms with Crippen LogP contribution in [0, 0.1) is 13.8 Å². The van der Waals surface area contributed by atoms with Gasteiger partial charge in [-0.05, 0) is 32.8 Å². The van der Waals surface area contributed by atoms with E-state index in [1.807, 2.05) is 0 Å². The van der Waals surface area contributed by atoms with E-state index in [1.165, 1.54) is 7.11 Å². The summed E-state index contributed by atoms with van der Waals surface area (Å²) in [7, 11) is 1.35. The molecule has 8 heteroatoms. The number of esters is 1. The van der Waals surface area contributed by atoms with Gasteiger partial charge in [-0.15, -0.1) is 0 Å². The Balaban J connectivity index is 2.17. The Bertz CT molecular complexity index is 667. The number of amides is 2. The number of ether oxygens (including phenoxy) is 2. The summed E-state index contributed by atoms with van der Waals surface area (Å²) in [5.74, 6) is -0.608. The highest BCUT2D eigenvalue weighted by Crippen LogP contribution is 2.21. The number of nitrogens with one attached hydrogen (secondary N) is 1. The van der Waals surface area contributed by atoms with Crippen molar-refractivity contribution in [3.05, 3.63) is 22.5 Å². The molecule has 1 aliphatic rings. The van der Waals surface area contributed by atoms with Crippen molar-refractivity contribution in [1.29, 1.82) is 0 Å². The van der Waals surface area contributed by atoms with Gasteiger partial charge in [0.15, 0.2) is 0 Å². The third-order valence-electron chi connectivity index (χ3n) is 4.35. The number of hydrogen-bond acceptors (Lipinski definition) is 5. The first-order chi connectivity index (χ1) is 11.9. The molecular formula is C17H25N3O5. The fourth-order valence-corrected chi connectivity index (χ4v) is 3.06. The molecule has 1 aromatic heterocycles. The van der Waals surface area contributed by atoms with Crippen molar-refractivity contribution in [3.8, 4) is 0 Å². The molecule has 0 spiro atoms. The summed E-state index contributed by atoms with van der Waals surface area (Å²) in [4.78, 5) is 42.9. The van der Waals surface area contributed by atoms with Crippen LogP contribution in [0.25, 0.3) is 0 Å². The Hall–Kier alpha value is -2.51. The Morgan fingerprint density at radius 1 is 1.08 bits per heavy atom. The number of aromatic amines is 1. The number of carbonyl (C=O) groups is 3. The largest absolute Gasteiger partial charge is 0.462 e. The molecule has 1 N–H and O–H groups in total. The summed E-state index contributed by atoms with van der Waals surface area (Å²) in [6.07, 6.45) is 0.287. The zero-order chi connectivity index (χ0) is 18.6. The SMILES string of the molecule is CCOC(=O)c1c(C)[nH]c(C(=O)N2CCCN(C(=O)OC)CC2)c1C. The zero-order valence-electron chi connectivity index (χ0n) is 15.2. The van der Waals surface area contributed by atoms with Crippen molar-refractivity contribution < 1.29 is 23.9 Å². The van der Waals surface area contributed by atoms with Crippen molar-refractivity contribution in [3.63, 3.8) is 0 Å². The van der Waals surface area contributed by atoms with Crippen LogP contribution in [0.4, 0.5) is 4.79 Å². The number of aryl methyl sites for hydroxylation is 1. The van der Waals surface area contributed by atoms with Gasteiger partial charge < -0.3 is 24.3 Å². The highest BCUT2D eigenvalue weighted by atomic mass is 16.5. The number of hydrogen-bond donors (Lipinski definition) is 1. The molecule has 0 bridgehead atoms. The van der Waals surface area contributed by atoms with Crippen LogP contribution in [0.2, 0.25) is 0 Å². The topological polar surface area (TPSA) is 91.9 Å². The Labute approximate surface area is 147 Å². The molecule has 1 aliphatic heterocycles. The molecular weight excluding hydrogens is 326 g/mol. The maximum Gasteiger partial charge on any atom is 0.409 e. The van der Waals surface area contributed by atoms with Gasteiger partial charge in [-0.2, -0.15) is 0 Å². The predicted octanol–water partition coefficient (Wildman–Crippen LogP) is 1.72. The molecule has 25 heavy (non-hydrogen) atoms. The second kappa shape index (κ2) is 8.04. The lowest BCUT2D eigenvalue weighted by Crippen LogP contribution is -2.37. The van der Waals surface area contributed by atoms with Crippen LogP contribution >= 0.6 is 0 Å². The van der Waals surface area contributed by atoms with E-state index in [0.29, 0.717) is 55.1 Å². The summed E-state index contributed by atoms with van der Waals surface area (Å²) in [6, 6.07) is 0. The third-order valence-corrected chi connectivity index (χ3v) is 4.35. The molecule has 1 saturated heterocycles. The molecule has 2 heterocycles. The quantitative estimate of drug-likeness (QED) is 0.837. The van der Waals surface area contributed by atoms with Crippen LogP contribution in [0.3, 0.4) is 0 Å². The minimum Gasteiger partial charge on any atom is -0.462 e. The summed E-state index contributed by atoms with van der Waals surface area (Å²) in [5, 5.41) is 0. The number of aromatic nitrogens is 1. The van der Waals surface area contributed by atoms with Gasteiger partial charge >= 0.3 is 12.1 Å². The lowest BCUT2D eigenvalue weighted by molar-refractivity contribution is 0.0525. The lowest BCUT2D eigenvalue weighted by Gasteiger charge is -2.21. The van der Waals surface area contributed by atoms with Gasteiger partial charge in [-0.25, -0.2) is 9.59 Å². The fraction of sp³-hybridized carbons (Fsp3) is 0.588. The van der Waals surface area contributed by atoms with E-state index in [-0.39, 0.29) is 18.6 Å². The molecule has 0 unspecified atom stereocenters. The van der Waals surface area contributed by atoms with Crippen molar-refractivity contribution in [2.45, 2.75) is 27.2 Å². The van der Waals surface area contributed by atoms with Crippen LogP contribution in [0.1, 0.15) is 45.4 Å². The van der Waals surface area contributed by atoms with Gasteiger partial charge in [0.1, 0.15) is 5.69 Å². The molecule has 2 amide bonds. The minimum atomic E-state index is -0.430. The molecule has 2 rings (SSSR count). The summed E-state index contributed by atoms with van der Waals surface area (Å²) >= 11 is 0. The number of nitrogens with zero attached hydrogens (tertiary/aromatic N) is 2. The van der Waals surface area contributed by atoms with E-state index in [2.05, 4.69) is 4.98 Å². The number of methoxy groups -OCH3 is 1. The molecule has 138 valence electrons. The number of H-pyrrole nitrogens is 1. The van der Waals surface area contributed by atoms with Gasteiger partial charge in [0.2, 0.25) is 0 Å². The van der Waals surface area contributed by atoms with Crippen LogP contribution in [0.15, 0.2) is 0 Å². The Kier molecular flexibility index (Phi) is 6.06. The van der Waals surface area contributed by atoms with E-state index in [0.717, 1.165) is 0 Å². The minimum absolute atomic E-state index is 0.178. The van der Waals surface area contributed by atoms with E-state index in [9.17, 15) is 14.4 Å². The zero-order valence-corrected chi connectivity index (χ0v) is 15.2. The van der Waals surface area contributed by atoms with Crippen LogP contribution in [0.5, 0.6) is 0 Å². The first kappa shape index (κ1) is 18.8. The van der Waals surface area contributed by atoms with Crippen LogP contribution in [-0.4, -0.2) is 72.6 Å². The van der Waals surface area contributed by atoms with Crippen molar-refractivity contribution >= 4 is 18.0 Å². The Morgan fingerprint density at radius 2 is 1.72 bits per heavy atom. The molecule has 0 saturated carbocycles. The van der Waals surface area contributed by atoms with Gasteiger partial charge in [-0.1, -0.05) is 0 Å². The molecule has 8 nitrogen and oxygen atoms in total. The predicted molar refractivity (Wildman–Crippen MR) is 90.7 cm³/mol. The lowest BCUT2D eigenvalue weighted by atomic mass is 10.1. The van der Waals surface area contributed by atoms with E-state index >= 15 is 0 Å². The van der Waals surface area contributed by atoms with Gasteiger partial charge in [0, 0.05) is 31.9 Å². The smallest absolute Gasteiger partial charge is 0.409 e. The average Bonchev–Trinajstić information content (AvgIpc) is 2.77. The molecule has 1 aromatic rings. The molecule has 0 aliphatic carbocycles. The maximum atomic E-state index is 12.9. The molecule has 0 radical (unpaired) electrons. The fourth-order valence-electron chi connectivity index (χ4n) is 3.06. The van der Waals surface area contributed by atoms with E-state index in [4.69, 9.17) is 9.47 Å². The maximum absolute atomic E-state index is 12.9. The molecule has 0 atom stereocenters. The first-order valence-electron chi connectivity index (χ1n) is 8.39. The third kappa shape index (κ3) is 3.94. The average molecular weight is 351 g/mol. The van der Waals surface area contributed by atoms with E-state index < -0.39 is 5.97 Å². The monoisotopic (exact) mass is 351 g/mol. The summed E-state index contributed by atoms with van der Waals surface area (Å²) < 4.78 is 9.80. The second-order valence-electron chi connectivity index (χ2n) is 5.95. The first-order valence-corrected chi connectivity index (χ1v) is 8.39. The van der Waals surface area contributed by atoms with Crippen LogP contribution in [-0.2, 0) is 9.47 Å². The number of rotatable bonds is 3. The van der Waals surface area contributed by atoms with Gasteiger partial charge in [0.05, 0.1) is 19.3 Å². The van der Waals surface area contributed by atoms with Gasteiger partial charge in [-0.3, -0.25) is 4.79 Å². The second-order valence-corrected chi connectivity index (χ2v) is 5.95. The number of carbonyl (C=O) groups excluding carboxylic acids is 3. The van der Waals surface area contributed by atoms with E-state index in [1.54, 1.807) is 30.6 Å². The molecule has 1 fully saturated rings. The standard InChI is InChI=1S/C17H25N3O5/c1-5-25-16(22)13-11(2)14(18-12(13)3)15(21)19-7-6-8-20(10-9-19)17(23)24-4/h18H,5-10H2,1-4H3. The van der Waals surface area contributed by atoms with Crippen LogP contribution < -0.4 is 0 Å².